The van der Waals surface area contributed by atoms with Gasteiger partial charge in [-0.15, -0.1) is 0 Å². The molecule has 1 atom stereocenters. The van der Waals surface area contributed by atoms with Gasteiger partial charge in [0.25, 0.3) is 0 Å². The molecule has 1 aromatic rings. The summed E-state index contributed by atoms with van der Waals surface area (Å²) in [7, 11) is 3.40. The highest BCUT2D eigenvalue weighted by Gasteiger charge is 2.23. The van der Waals surface area contributed by atoms with E-state index in [0.717, 1.165) is 44.1 Å². The number of fused-ring (bicyclic) bond motifs is 1. The van der Waals surface area contributed by atoms with Gasteiger partial charge in [0.15, 0.2) is 11.5 Å². The number of hydrogen-bond donors (Lipinski definition) is 1. The molecule has 0 saturated heterocycles. The number of hydrogen-bond acceptors (Lipinski definition) is 4. The van der Waals surface area contributed by atoms with Crippen molar-refractivity contribution in [3.8, 4) is 11.5 Å². The van der Waals surface area contributed by atoms with E-state index < -0.39 is 0 Å². The molecule has 1 aromatic carbocycles. The predicted molar refractivity (Wildman–Crippen MR) is 86.3 cm³/mol. The molecular formula is C17H28N2O2. The lowest BCUT2D eigenvalue weighted by Crippen LogP contribution is -2.44. The molecule has 1 N–H and O–H groups in total. The Kier molecular flexibility index (Phi) is 5.88. The second-order valence-electron chi connectivity index (χ2n) is 5.57. The lowest BCUT2D eigenvalue weighted by molar-refractivity contribution is 0.170. The Balaban J connectivity index is 2.15. The summed E-state index contributed by atoms with van der Waals surface area (Å²) in [5, 5.41) is 3.47. The van der Waals surface area contributed by atoms with Crippen molar-refractivity contribution in [2.45, 2.75) is 39.3 Å². The highest BCUT2D eigenvalue weighted by Crippen LogP contribution is 2.33. The van der Waals surface area contributed by atoms with E-state index in [0.29, 0.717) is 6.04 Å². The average Bonchev–Trinajstić information content (AvgIpc) is 2.54. The van der Waals surface area contributed by atoms with Gasteiger partial charge >= 0.3 is 0 Å². The molecule has 1 aliphatic rings. The van der Waals surface area contributed by atoms with Crippen molar-refractivity contribution >= 4 is 0 Å². The number of nitrogens with zero attached hydrogens (tertiary/aromatic N) is 1. The standard InChI is InChI=1S/C17H28N2O2/c1-5-15(11-18-6-2)19-8-7-13-9-16(20-3)17(21-4)10-14(13)12-19/h9-10,15,18H,5-8,11-12H2,1-4H3. The SMILES string of the molecule is CCNCC(CC)N1CCc2cc(OC)c(OC)cc2C1. The van der Waals surface area contributed by atoms with E-state index in [-0.39, 0.29) is 0 Å². The molecule has 2 rings (SSSR count). The van der Waals surface area contributed by atoms with E-state index in [2.05, 4.69) is 36.2 Å². The van der Waals surface area contributed by atoms with Crippen LogP contribution in [0.5, 0.6) is 11.5 Å². The fourth-order valence-corrected chi connectivity index (χ4v) is 3.06. The monoisotopic (exact) mass is 292 g/mol. The second kappa shape index (κ2) is 7.66. The zero-order valence-corrected chi connectivity index (χ0v) is 13.7. The van der Waals surface area contributed by atoms with Gasteiger partial charge in [-0.25, -0.2) is 0 Å². The van der Waals surface area contributed by atoms with Crippen molar-refractivity contribution in [2.24, 2.45) is 0 Å². The van der Waals surface area contributed by atoms with Crippen LogP contribution >= 0.6 is 0 Å². The summed E-state index contributed by atoms with van der Waals surface area (Å²) in [6, 6.07) is 4.88. The topological polar surface area (TPSA) is 33.7 Å². The lowest BCUT2D eigenvalue weighted by Gasteiger charge is -2.35. The minimum Gasteiger partial charge on any atom is -0.493 e. The first-order valence-corrected chi connectivity index (χ1v) is 7.92. The predicted octanol–water partition coefficient (Wildman–Crippen LogP) is 2.45. The first-order valence-electron chi connectivity index (χ1n) is 7.92. The zero-order valence-electron chi connectivity index (χ0n) is 13.7. The van der Waals surface area contributed by atoms with E-state index >= 15 is 0 Å². The van der Waals surface area contributed by atoms with Gasteiger partial charge in [-0.2, -0.15) is 0 Å². The Labute approximate surface area is 128 Å². The zero-order chi connectivity index (χ0) is 15.2. The Hall–Kier alpha value is -1.26. The van der Waals surface area contributed by atoms with Crippen LogP contribution in [0.15, 0.2) is 12.1 Å². The molecule has 0 aliphatic carbocycles. The maximum Gasteiger partial charge on any atom is 0.161 e. The van der Waals surface area contributed by atoms with Gasteiger partial charge in [0, 0.05) is 25.7 Å². The molecule has 1 aliphatic heterocycles. The van der Waals surface area contributed by atoms with E-state index in [1.807, 2.05) is 0 Å². The van der Waals surface area contributed by atoms with Crippen LogP contribution in [0.25, 0.3) is 0 Å². The summed E-state index contributed by atoms with van der Waals surface area (Å²) < 4.78 is 10.8. The maximum atomic E-state index is 5.43. The molecule has 0 bridgehead atoms. The third-order valence-electron chi connectivity index (χ3n) is 4.37. The van der Waals surface area contributed by atoms with Crippen molar-refractivity contribution in [1.82, 2.24) is 10.2 Å². The third-order valence-corrected chi connectivity index (χ3v) is 4.37. The van der Waals surface area contributed by atoms with Crippen LogP contribution in [-0.2, 0) is 13.0 Å². The smallest absolute Gasteiger partial charge is 0.161 e. The van der Waals surface area contributed by atoms with E-state index in [4.69, 9.17) is 9.47 Å². The highest BCUT2D eigenvalue weighted by molar-refractivity contribution is 5.48. The van der Waals surface area contributed by atoms with Gasteiger partial charge < -0.3 is 14.8 Å². The van der Waals surface area contributed by atoms with Crippen LogP contribution in [0, 0.1) is 0 Å². The Morgan fingerprint density at radius 3 is 2.38 bits per heavy atom. The first-order chi connectivity index (χ1) is 10.2. The fraction of sp³-hybridized carbons (Fsp3) is 0.647. The first kappa shape index (κ1) is 16.1. The van der Waals surface area contributed by atoms with Gasteiger partial charge in [0.1, 0.15) is 0 Å². The Morgan fingerprint density at radius 2 is 1.81 bits per heavy atom. The largest absolute Gasteiger partial charge is 0.493 e. The minimum atomic E-state index is 0.603. The summed E-state index contributed by atoms with van der Waals surface area (Å²) in [5.74, 6) is 1.67. The molecule has 1 heterocycles. The molecule has 4 heteroatoms. The fourth-order valence-electron chi connectivity index (χ4n) is 3.06. The van der Waals surface area contributed by atoms with Crippen molar-refractivity contribution in [3.05, 3.63) is 23.3 Å². The summed E-state index contributed by atoms with van der Waals surface area (Å²) >= 11 is 0. The summed E-state index contributed by atoms with van der Waals surface area (Å²) in [6.45, 7) is 8.65. The number of likely N-dealkylation sites (N-methyl/N-ethyl adjacent to an activating group) is 1. The highest BCUT2D eigenvalue weighted by atomic mass is 16.5. The van der Waals surface area contributed by atoms with Crippen molar-refractivity contribution in [3.63, 3.8) is 0 Å². The van der Waals surface area contributed by atoms with Gasteiger partial charge in [-0.1, -0.05) is 13.8 Å². The van der Waals surface area contributed by atoms with Gasteiger partial charge in [0.2, 0.25) is 0 Å². The molecule has 0 radical (unpaired) electrons. The quantitative estimate of drug-likeness (QED) is 0.837. The summed E-state index contributed by atoms with van der Waals surface area (Å²) in [4.78, 5) is 2.58. The van der Waals surface area contributed by atoms with Crippen LogP contribution < -0.4 is 14.8 Å². The van der Waals surface area contributed by atoms with Crippen LogP contribution in [0.4, 0.5) is 0 Å². The van der Waals surface area contributed by atoms with E-state index in [1.165, 1.54) is 17.5 Å². The van der Waals surface area contributed by atoms with Gasteiger partial charge in [0.05, 0.1) is 14.2 Å². The molecule has 0 amide bonds. The number of rotatable bonds is 7. The van der Waals surface area contributed by atoms with Crippen LogP contribution in [0.1, 0.15) is 31.4 Å². The summed E-state index contributed by atoms with van der Waals surface area (Å²) in [6.07, 6.45) is 2.26. The van der Waals surface area contributed by atoms with Crippen molar-refractivity contribution in [1.29, 1.82) is 0 Å². The minimum absolute atomic E-state index is 0.603. The number of methoxy groups -OCH3 is 2. The Morgan fingerprint density at radius 1 is 1.14 bits per heavy atom. The number of benzene rings is 1. The third kappa shape index (κ3) is 3.69. The molecule has 0 fully saturated rings. The van der Waals surface area contributed by atoms with Crippen LogP contribution in [-0.4, -0.2) is 44.8 Å². The molecule has 0 saturated carbocycles. The molecular weight excluding hydrogens is 264 g/mol. The molecule has 0 spiro atoms. The Bertz CT molecular complexity index is 462. The van der Waals surface area contributed by atoms with Crippen LogP contribution in [0.2, 0.25) is 0 Å². The molecule has 4 nitrogen and oxygen atoms in total. The van der Waals surface area contributed by atoms with Crippen molar-refractivity contribution in [2.75, 3.05) is 33.9 Å². The molecule has 118 valence electrons. The second-order valence-corrected chi connectivity index (χ2v) is 5.57. The lowest BCUT2D eigenvalue weighted by atomic mass is 9.97. The van der Waals surface area contributed by atoms with E-state index in [9.17, 15) is 0 Å². The summed E-state index contributed by atoms with van der Waals surface area (Å²) in [5.41, 5.74) is 2.76. The van der Waals surface area contributed by atoms with Gasteiger partial charge in [-0.05, 0) is 42.6 Å². The average molecular weight is 292 g/mol. The normalized spacial score (nSPS) is 16.4. The molecule has 21 heavy (non-hydrogen) atoms. The van der Waals surface area contributed by atoms with E-state index in [1.54, 1.807) is 14.2 Å². The van der Waals surface area contributed by atoms with Crippen molar-refractivity contribution < 1.29 is 9.47 Å². The molecule has 1 unspecified atom stereocenters. The molecule has 0 aromatic heterocycles. The maximum absolute atomic E-state index is 5.43. The number of ether oxygens (including phenoxy) is 2. The van der Waals surface area contributed by atoms with Gasteiger partial charge in [-0.3, -0.25) is 4.90 Å². The number of nitrogens with one attached hydrogen (secondary N) is 1. The van der Waals surface area contributed by atoms with Crippen LogP contribution in [0.3, 0.4) is 0 Å².